The molecule has 1 aromatic heterocycles. The molecule has 3 N–H and O–H groups in total. The van der Waals surface area contributed by atoms with Crippen molar-refractivity contribution in [1.29, 1.82) is 0 Å². The quantitative estimate of drug-likeness (QED) is 0.246. The number of hydrogen-bond donors (Lipinski definition) is 3. The van der Waals surface area contributed by atoms with Crippen LogP contribution in [0.25, 0.3) is 11.1 Å². The maximum Gasteiger partial charge on any atom is 0.407 e. The molecule has 10 nitrogen and oxygen atoms in total. The fraction of sp³-hybridized carbons (Fsp3) is 0.226. The summed E-state index contributed by atoms with van der Waals surface area (Å²) in [5.74, 6) is -1.80. The van der Waals surface area contributed by atoms with Crippen LogP contribution in [0.3, 0.4) is 0 Å². The third kappa shape index (κ3) is 6.44. The maximum atomic E-state index is 13.2. The third-order valence-electron chi connectivity index (χ3n) is 6.94. The number of rotatable bonds is 11. The Hall–Kier alpha value is -4.96. The first-order valence-electron chi connectivity index (χ1n) is 13.1. The topological polar surface area (TPSA) is 140 Å². The van der Waals surface area contributed by atoms with Crippen LogP contribution in [0.2, 0.25) is 0 Å². The van der Waals surface area contributed by atoms with Crippen molar-refractivity contribution in [3.63, 3.8) is 0 Å². The van der Waals surface area contributed by atoms with Crippen LogP contribution in [0, 0.1) is 0 Å². The predicted molar refractivity (Wildman–Crippen MR) is 148 cm³/mol. The fourth-order valence-electron chi connectivity index (χ4n) is 4.84. The lowest BCUT2D eigenvalue weighted by Crippen LogP contribution is -2.53. The summed E-state index contributed by atoms with van der Waals surface area (Å²) >= 11 is 0. The molecule has 2 unspecified atom stereocenters. The SMILES string of the molecule is CC(OCc1ccccc1)C(NC(=O)OCC1c2ccccc2-c2ccccc21)C(=O)NCc1cc(C(=O)O)no1. The van der Waals surface area contributed by atoms with Crippen LogP contribution >= 0.6 is 0 Å². The molecule has 0 spiro atoms. The first kappa shape index (κ1) is 27.6. The van der Waals surface area contributed by atoms with E-state index in [4.69, 9.17) is 19.1 Å². The lowest BCUT2D eigenvalue weighted by Gasteiger charge is -2.25. The average Bonchev–Trinajstić information content (AvgIpc) is 3.60. The summed E-state index contributed by atoms with van der Waals surface area (Å²) in [7, 11) is 0. The van der Waals surface area contributed by atoms with Crippen molar-refractivity contribution in [1.82, 2.24) is 15.8 Å². The van der Waals surface area contributed by atoms with E-state index in [1.165, 1.54) is 6.07 Å². The van der Waals surface area contributed by atoms with Crippen LogP contribution in [-0.4, -0.2) is 47.0 Å². The van der Waals surface area contributed by atoms with Crippen molar-refractivity contribution in [2.45, 2.75) is 38.1 Å². The Kier molecular flexibility index (Phi) is 8.40. The van der Waals surface area contributed by atoms with Gasteiger partial charge in [-0.1, -0.05) is 84.0 Å². The number of benzene rings is 3. The van der Waals surface area contributed by atoms with Gasteiger partial charge in [-0.2, -0.15) is 0 Å². The Morgan fingerprint density at radius 1 is 0.951 bits per heavy atom. The van der Waals surface area contributed by atoms with Gasteiger partial charge < -0.3 is 29.7 Å². The zero-order valence-corrected chi connectivity index (χ0v) is 22.3. The van der Waals surface area contributed by atoms with Gasteiger partial charge in [0, 0.05) is 12.0 Å². The van der Waals surface area contributed by atoms with Crippen molar-refractivity contribution >= 4 is 18.0 Å². The first-order valence-corrected chi connectivity index (χ1v) is 13.1. The van der Waals surface area contributed by atoms with Gasteiger partial charge >= 0.3 is 12.1 Å². The van der Waals surface area contributed by atoms with E-state index in [-0.39, 0.29) is 37.1 Å². The van der Waals surface area contributed by atoms with E-state index in [2.05, 4.69) is 15.8 Å². The minimum Gasteiger partial charge on any atom is -0.476 e. The summed E-state index contributed by atoms with van der Waals surface area (Å²) < 4.78 is 16.5. The molecule has 41 heavy (non-hydrogen) atoms. The van der Waals surface area contributed by atoms with Crippen molar-refractivity contribution in [2.75, 3.05) is 6.61 Å². The van der Waals surface area contributed by atoms with E-state index in [1.807, 2.05) is 78.9 Å². The molecule has 4 aromatic rings. The molecule has 2 amide bonds. The molecule has 0 fully saturated rings. The lowest BCUT2D eigenvalue weighted by molar-refractivity contribution is -0.127. The standard InChI is InChI=1S/C31H29N3O7/c1-19(39-17-20-9-3-2-4-10-20)28(29(35)32-16-21-15-27(30(36)37)34-41-21)33-31(38)40-18-26-24-13-7-5-11-22(24)23-12-6-8-14-25(23)26/h2-15,19,26,28H,16-18H2,1H3,(H,32,35)(H,33,38)(H,36,37). The van der Waals surface area contributed by atoms with Gasteiger partial charge in [0.1, 0.15) is 12.6 Å². The molecule has 3 aromatic carbocycles. The second-order valence-electron chi connectivity index (χ2n) is 9.65. The highest BCUT2D eigenvalue weighted by molar-refractivity contribution is 5.87. The van der Waals surface area contributed by atoms with Crippen molar-refractivity contribution in [2.24, 2.45) is 0 Å². The predicted octanol–water partition coefficient (Wildman–Crippen LogP) is 4.50. The van der Waals surface area contributed by atoms with E-state index in [0.29, 0.717) is 0 Å². The van der Waals surface area contributed by atoms with E-state index in [0.717, 1.165) is 27.8 Å². The van der Waals surface area contributed by atoms with Crippen LogP contribution in [-0.2, 0) is 27.4 Å². The van der Waals surface area contributed by atoms with Gasteiger partial charge in [0.2, 0.25) is 5.91 Å². The van der Waals surface area contributed by atoms with Gasteiger partial charge in [0.15, 0.2) is 11.5 Å². The first-order chi connectivity index (χ1) is 19.9. The zero-order chi connectivity index (χ0) is 28.8. The van der Waals surface area contributed by atoms with Crippen LogP contribution in [0.5, 0.6) is 0 Å². The zero-order valence-electron chi connectivity index (χ0n) is 22.3. The second-order valence-corrected chi connectivity index (χ2v) is 9.65. The number of aromatic nitrogens is 1. The lowest BCUT2D eigenvalue weighted by atomic mass is 9.98. The number of nitrogens with one attached hydrogen (secondary N) is 2. The summed E-state index contributed by atoms with van der Waals surface area (Å²) in [5.41, 5.74) is 4.99. The third-order valence-corrected chi connectivity index (χ3v) is 6.94. The van der Waals surface area contributed by atoms with E-state index < -0.39 is 30.1 Å². The Morgan fingerprint density at radius 2 is 1.59 bits per heavy atom. The number of carbonyl (C=O) groups excluding carboxylic acids is 2. The largest absolute Gasteiger partial charge is 0.476 e. The number of carboxylic acids is 1. The molecule has 0 saturated heterocycles. The summed E-state index contributed by atoms with van der Waals surface area (Å²) in [4.78, 5) is 37.3. The highest BCUT2D eigenvalue weighted by atomic mass is 16.5. The summed E-state index contributed by atoms with van der Waals surface area (Å²) in [6.07, 6.45) is -1.50. The Bertz CT molecular complexity index is 1490. The summed E-state index contributed by atoms with van der Waals surface area (Å²) in [5, 5.41) is 17.8. The number of carbonyl (C=O) groups is 3. The van der Waals surface area contributed by atoms with Gasteiger partial charge in [0.25, 0.3) is 0 Å². The molecule has 1 aliphatic carbocycles. The van der Waals surface area contributed by atoms with Gasteiger partial charge in [-0.15, -0.1) is 0 Å². The fourth-order valence-corrected chi connectivity index (χ4v) is 4.84. The van der Waals surface area contributed by atoms with Crippen molar-refractivity contribution in [3.8, 4) is 11.1 Å². The molecule has 5 rings (SSSR count). The van der Waals surface area contributed by atoms with E-state index in [9.17, 15) is 14.4 Å². The maximum absolute atomic E-state index is 13.2. The molecular formula is C31H29N3O7. The van der Waals surface area contributed by atoms with Crippen LogP contribution in [0.4, 0.5) is 4.79 Å². The second kappa shape index (κ2) is 12.5. The molecule has 1 heterocycles. The highest BCUT2D eigenvalue weighted by Crippen LogP contribution is 2.44. The smallest absolute Gasteiger partial charge is 0.407 e. The molecule has 0 bridgehead atoms. The monoisotopic (exact) mass is 555 g/mol. The Labute approximate surface area is 236 Å². The Balaban J connectivity index is 1.25. The minimum atomic E-state index is -1.25. The van der Waals surface area contributed by atoms with Crippen molar-refractivity contribution < 1.29 is 33.5 Å². The van der Waals surface area contributed by atoms with E-state index >= 15 is 0 Å². The number of amides is 2. The minimum absolute atomic E-state index is 0.0868. The number of fused-ring (bicyclic) bond motifs is 3. The number of carboxylic acid groups (broad SMARTS) is 1. The molecule has 0 radical (unpaired) electrons. The van der Waals surface area contributed by atoms with Crippen LogP contribution < -0.4 is 10.6 Å². The number of alkyl carbamates (subject to hydrolysis) is 1. The van der Waals surface area contributed by atoms with Gasteiger partial charge in [-0.25, -0.2) is 9.59 Å². The number of hydrogen-bond acceptors (Lipinski definition) is 7. The molecule has 10 heteroatoms. The van der Waals surface area contributed by atoms with Gasteiger partial charge in [0.05, 0.1) is 19.3 Å². The van der Waals surface area contributed by atoms with Crippen molar-refractivity contribution in [3.05, 3.63) is 113 Å². The Morgan fingerprint density at radius 3 is 2.22 bits per heavy atom. The number of aromatic carboxylic acids is 1. The number of ether oxygens (including phenoxy) is 2. The van der Waals surface area contributed by atoms with E-state index in [1.54, 1.807) is 6.92 Å². The molecular weight excluding hydrogens is 526 g/mol. The normalized spacial score (nSPS) is 13.5. The molecule has 0 saturated carbocycles. The van der Waals surface area contributed by atoms with Gasteiger partial charge in [-0.05, 0) is 34.7 Å². The molecule has 210 valence electrons. The van der Waals surface area contributed by atoms with Gasteiger partial charge in [-0.3, -0.25) is 4.79 Å². The molecule has 1 aliphatic rings. The molecule has 2 atom stereocenters. The summed E-state index contributed by atoms with van der Waals surface area (Å²) in [6.45, 7) is 1.85. The number of nitrogens with zero attached hydrogens (tertiary/aromatic N) is 1. The highest BCUT2D eigenvalue weighted by Gasteiger charge is 2.31. The average molecular weight is 556 g/mol. The van der Waals surface area contributed by atoms with Crippen LogP contribution in [0.15, 0.2) is 89.5 Å². The summed E-state index contributed by atoms with van der Waals surface area (Å²) in [6, 6.07) is 25.6. The van der Waals surface area contributed by atoms with Crippen LogP contribution in [0.1, 0.15) is 45.8 Å². The molecule has 0 aliphatic heterocycles.